The standard InChI is InChI=1S/2C9H20O/c1-7(2)9(5)6-10-8(3)4;1-7(2)6-9(5)10-8(3)4/h2*7-9H,6H2,1-5H3. The zero-order valence-corrected chi connectivity index (χ0v) is 15.7. The Bertz CT molecular complexity index is 188. The van der Waals surface area contributed by atoms with Gasteiger partial charge in [-0.15, -0.1) is 0 Å². The van der Waals surface area contributed by atoms with Gasteiger partial charge in [0.1, 0.15) is 0 Å². The quantitative estimate of drug-likeness (QED) is 0.583. The van der Waals surface area contributed by atoms with Crippen LogP contribution in [0.25, 0.3) is 0 Å². The van der Waals surface area contributed by atoms with E-state index in [-0.39, 0.29) is 0 Å². The van der Waals surface area contributed by atoms with Crippen LogP contribution < -0.4 is 0 Å². The molecule has 20 heavy (non-hydrogen) atoms. The van der Waals surface area contributed by atoms with E-state index in [9.17, 15) is 0 Å². The third-order valence-corrected chi connectivity index (χ3v) is 3.14. The molecule has 0 aliphatic carbocycles. The van der Waals surface area contributed by atoms with Crippen molar-refractivity contribution in [3.8, 4) is 0 Å². The normalized spacial score (nSPS) is 14.7. The summed E-state index contributed by atoms with van der Waals surface area (Å²) >= 11 is 0. The molecule has 0 aliphatic rings. The molecule has 0 aliphatic heterocycles. The average molecular weight is 289 g/mol. The van der Waals surface area contributed by atoms with Gasteiger partial charge in [0, 0.05) is 6.61 Å². The van der Waals surface area contributed by atoms with Gasteiger partial charge < -0.3 is 9.47 Å². The molecule has 2 unspecified atom stereocenters. The maximum Gasteiger partial charge on any atom is 0.0552 e. The largest absolute Gasteiger partial charge is 0.379 e. The summed E-state index contributed by atoms with van der Waals surface area (Å²) in [5.41, 5.74) is 0. The Balaban J connectivity index is 0. The SMILES string of the molecule is CC(C)CC(C)OC(C)C.CC(C)OCC(C)C(C)C. The fourth-order valence-corrected chi connectivity index (χ4v) is 1.72. The highest BCUT2D eigenvalue weighted by Gasteiger charge is 2.07. The van der Waals surface area contributed by atoms with Gasteiger partial charge in [-0.3, -0.25) is 0 Å². The maximum absolute atomic E-state index is 5.56. The first-order valence-corrected chi connectivity index (χ1v) is 8.33. The minimum atomic E-state index is 0.369. The fourth-order valence-electron chi connectivity index (χ4n) is 1.72. The van der Waals surface area contributed by atoms with Crippen LogP contribution in [-0.4, -0.2) is 24.9 Å². The molecule has 0 fully saturated rings. The topological polar surface area (TPSA) is 18.5 Å². The first-order valence-electron chi connectivity index (χ1n) is 8.33. The molecule has 0 amide bonds. The molecule has 2 nitrogen and oxygen atoms in total. The smallest absolute Gasteiger partial charge is 0.0552 e. The Kier molecular flexibility index (Phi) is 14.0. The number of hydrogen-bond acceptors (Lipinski definition) is 2. The second-order valence-corrected chi connectivity index (χ2v) is 7.23. The summed E-state index contributed by atoms with van der Waals surface area (Å²) in [7, 11) is 0. The van der Waals surface area contributed by atoms with Crippen molar-refractivity contribution in [3.05, 3.63) is 0 Å². The molecule has 0 aromatic heterocycles. The average Bonchev–Trinajstić information content (AvgIpc) is 2.23. The second kappa shape index (κ2) is 12.6. The third-order valence-electron chi connectivity index (χ3n) is 3.14. The van der Waals surface area contributed by atoms with Crippen LogP contribution in [0, 0.1) is 17.8 Å². The van der Waals surface area contributed by atoms with Crippen molar-refractivity contribution in [1.29, 1.82) is 0 Å². The van der Waals surface area contributed by atoms with Crippen molar-refractivity contribution < 1.29 is 9.47 Å². The summed E-state index contributed by atoms with van der Waals surface area (Å²) in [5.74, 6) is 2.16. The number of ether oxygens (including phenoxy) is 2. The molecule has 0 saturated heterocycles. The second-order valence-electron chi connectivity index (χ2n) is 7.23. The van der Waals surface area contributed by atoms with Gasteiger partial charge in [-0.1, -0.05) is 34.6 Å². The van der Waals surface area contributed by atoms with E-state index < -0.39 is 0 Å². The van der Waals surface area contributed by atoms with Crippen molar-refractivity contribution in [3.63, 3.8) is 0 Å². The third kappa shape index (κ3) is 17.9. The Morgan fingerprint density at radius 3 is 1.50 bits per heavy atom. The van der Waals surface area contributed by atoms with E-state index in [4.69, 9.17) is 9.47 Å². The lowest BCUT2D eigenvalue weighted by atomic mass is 9.99. The van der Waals surface area contributed by atoms with Crippen LogP contribution in [0.15, 0.2) is 0 Å². The van der Waals surface area contributed by atoms with Gasteiger partial charge in [0.05, 0.1) is 18.3 Å². The highest BCUT2D eigenvalue weighted by atomic mass is 16.5. The van der Waals surface area contributed by atoms with Crippen molar-refractivity contribution in [2.75, 3.05) is 6.61 Å². The predicted octanol–water partition coefficient (Wildman–Crippen LogP) is 5.55. The molecule has 0 aromatic rings. The van der Waals surface area contributed by atoms with Gasteiger partial charge in [-0.25, -0.2) is 0 Å². The summed E-state index contributed by atoms with van der Waals surface area (Å²) < 4.78 is 11.0. The van der Waals surface area contributed by atoms with Crippen LogP contribution in [0.3, 0.4) is 0 Å². The molecular formula is C18H40O2. The van der Waals surface area contributed by atoms with Gasteiger partial charge in [-0.05, 0) is 58.8 Å². The van der Waals surface area contributed by atoms with E-state index in [0.717, 1.165) is 24.9 Å². The molecular weight excluding hydrogens is 248 g/mol. The fraction of sp³-hybridized carbons (Fsp3) is 1.00. The predicted molar refractivity (Wildman–Crippen MR) is 90.2 cm³/mol. The molecule has 0 bridgehead atoms. The van der Waals surface area contributed by atoms with Gasteiger partial charge in [0.2, 0.25) is 0 Å². The number of rotatable bonds is 8. The molecule has 0 radical (unpaired) electrons. The lowest BCUT2D eigenvalue weighted by Gasteiger charge is -2.17. The first kappa shape index (κ1) is 22.2. The molecule has 0 rings (SSSR count). The summed E-state index contributed by atoms with van der Waals surface area (Å²) in [6, 6.07) is 0. The summed E-state index contributed by atoms with van der Waals surface area (Å²) in [5, 5.41) is 0. The van der Waals surface area contributed by atoms with Crippen LogP contribution in [0.1, 0.15) is 75.7 Å². The molecule has 0 aromatic carbocycles. The maximum atomic E-state index is 5.56. The Morgan fingerprint density at radius 2 is 1.20 bits per heavy atom. The molecule has 0 N–H and O–H groups in total. The first-order chi connectivity index (χ1) is 9.06. The van der Waals surface area contributed by atoms with E-state index in [1.165, 1.54) is 0 Å². The van der Waals surface area contributed by atoms with Gasteiger partial charge in [0.15, 0.2) is 0 Å². The van der Waals surface area contributed by atoms with Crippen molar-refractivity contribution in [2.24, 2.45) is 17.8 Å². The minimum Gasteiger partial charge on any atom is -0.379 e. The van der Waals surface area contributed by atoms with Crippen LogP contribution in [-0.2, 0) is 9.47 Å². The van der Waals surface area contributed by atoms with E-state index in [1.807, 2.05) is 0 Å². The highest BCUT2D eigenvalue weighted by Crippen LogP contribution is 2.10. The van der Waals surface area contributed by atoms with Gasteiger partial charge >= 0.3 is 0 Å². The minimum absolute atomic E-state index is 0.369. The zero-order chi connectivity index (χ0) is 16.3. The van der Waals surface area contributed by atoms with Gasteiger partial charge in [-0.2, -0.15) is 0 Å². The molecule has 2 atom stereocenters. The Hall–Kier alpha value is -0.0800. The van der Waals surface area contributed by atoms with E-state index in [1.54, 1.807) is 0 Å². The van der Waals surface area contributed by atoms with E-state index in [0.29, 0.717) is 24.2 Å². The molecule has 0 saturated carbocycles. The molecule has 0 spiro atoms. The Morgan fingerprint density at radius 1 is 0.700 bits per heavy atom. The zero-order valence-electron chi connectivity index (χ0n) is 15.7. The van der Waals surface area contributed by atoms with E-state index >= 15 is 0 Å². The van der Waals surface area contributed by atoms with Crippen LogP contribution in [0.2, 0.25) is 0 Å². The Labute approximate surface area is 128 Å². The summed E-state index contributed by atoms with van der Waals surface area (Å²) in [4.78, 5) is 0. The lowest BCUT2D eigenvalue weighted by molar-refractivity contribution is 0.00802. The summed E-state index contributed by atoms with van der Waals surface area (Å²) in [6.07, 6.45) is 2.33. The van der Waals surface area contributed by atoms with Crippen molar-refractivity contribution in [2.45, 2.75) is 94.0 Å². The lowest BCUT2D eigenvalue weighted by Crippen LogP contribution is -2.15. The number of hydrogen-bond donors (Lipinski definition) is 0. The van der Waals surface area contributed by atoms with E-state index in [2.05, 4.69) is 69.2 Å². The van der Waals surface area contributed by atoms with Crippen LogP contribution >= 0.6 is 0 Å². The van der Waals surface area contributed by atoms with Crippen LogP contribution in [0.5, 0.6) is 0 Å². The van der Waals surface area contributed by atoms with Crippen molar-refractivity contribution >= 4 is 0 Å². The summed E-state index contributed by atoms with van der Waals surface area (Å²) in [6.45, 7) is 22.5. The molecule has 124 valence electrons. The van der Waals surface area contributed by atoms with Gasteiger partial charge in [0.25, 0.3) is 0 Å². The van der Waals surface area contributed by atoms with Crippen LogP contribution in [0.4, 0.5) is 0 Å². The molecule has 0 heterocycles. The van der Waals surface area contributed by atoms with Crippen molar-refractivity contribution in [1.82, 2.24) is 0 Å². The highest BCUT2D eigenvalue weighted by molar-refractivity contribution is 4.56. The molecule has 2 heteroatoms. The monoisotopic (exact) mass is 288 g/mol.